The summed E-state index contributed by atoms with van der Waals surface area (Å²) in [5.74, 6) is 2.86. The molecule has 2 fully saturated rings. The van der Waals surface area contributed by atoms with Crippen LogP contribution >= 0.6 is 0 Å². The maximum absolute atomic E-state index is 13.2. The van der Waals surface area contributed by atoms with Crippen molar-refractivity contribution in [2.45, 2.75) is 38.0 Å². The third-order valence-corrected chi connectivity index (χ3v) is 7.56. The Balaban J connectivity index is 1.18. The average Bonchev–Trinajstić information content (AvgIpc) is 3.39. The Morgan fingerprint density at radius 1 is 1.00 bits per heavy atom. The van der Waals surface area contributed by atoms with Gasteiger partial charge in [0.1, 0.15) is 11.4 Å². The number of ether oxygens (including phenoxy) is 1. The molecule has 3 aromatic rings. The summed E-state index contributed by atoms with van der Waals surface area (Å²) in [6, 6.07) is 11.0. The van der Waals surface area contributed by atoms with E-state index in [0.717, 1.165) is 55.8 Å². The summed E-state index contributed by atoms with van der Waals surface area (Å²) in [7, 11) is 1.65. The maximum Gasteiger partial charge on any atom is 0.433 e. The van der Waals surface area contributed by atoms with Crippen LogP contribution in [0.25, 0.3) is 0 Å². The minimum absolute atomic E-state index is 0.198. The van der Waals surface area contributed by atoms with Crippen molar-refractivity contribution in [1.29, 1.82) is 0 Å². The number of fused-ring (bicyclic) bond motifs is 3. The van der Waals surface area contributed by atoms with Gasteiger partial charge in [0, 0.05) is 49.8 Å². The normalized spacial score (nSPS) is 23.5. The molecule has 190 valence electrons. The van der Waals surface area contributed by atoms with Crippen molar-refractivity contribution in [1.82, 2.24) is 19.7 Å². The molecule has 1 aromatic carbocycles. The largest absolute Gasteiger partial charge is 0.497 e. The number of nitrogens with one attached hydrogen (secondary N) is 1. The predicted octanol–water partition coefficient (Wildman–Crippen LogP) is 4.57. The molecule has 0 amide bonds. The van der Waals surface area contributed by atoms with Gasteiger partial charge in [-0.05, 0) is 67.5 Å². The van der Waals surface area contributed by atoms with Crippen LogP contribution in [0.4, 0.5) is 36.4 Å². The number of aromatic nitrogens is 4. The fourth-order valence-corrected chi connectivity index (χ4v) is 5.82. The molecule has 2 bridgehead atoms. The molecule has 1 saturated carbocycles. The van der Waals surface area contributed by atoms with E-state index in [2.05, 4.69) is 20.1 Å². The van der Waals surface area contributed by atoms with Crippen molar-refractivity contribution in [2.24, 2.45) is 11.8 Å². The summed E-state index contributed by atoms with van der Waals surface area (Å²) in [5.41, 5.74) is 0.778. The molecule has 6 rings (SSSR count). The van der Waals surface area contributed by atoms with Gasteiger partial charge in [-0.2, -0.15) is 18.2 Å². The number of benzene rings is 1. The monoisotopic (exact) mass is 499 g/mol. The molecule has 0 unspecified atom stereocenters. The van der Waals surface area contributed by atoms with Gasteiger partial charge in [0.15, 0.2) is 0 Å². The highest BCUT2D eigenvalue weighted by Gasteiger charge is 2.43. The molecule has 4 heterocycles. The molecule has 2 aliphatic heterocycles. The number of aryl methyl sites for hydroxylation is 1. The molecule has 0 radical (unpaired) electrons. The Bertz CT molecular complexity index is 1220. The second-order valence-electron chi connectivity index (χ2n) is 9.73. The van der Waals surface area contributed by atoms with Crippen molar-refractivity contribution < 1.29 is 17.9 Å². The number of nitrogens with zero attached hydrogens (tertiary/aromatic N) is 6. The molecule has 2 aromatic heterocycles. The zero-order valence-corrected chi connectivity index (χ0v) is 19.9. The smallest absolute Gasteiger partial charge is 0.433 e. The first-order valence-electron chi connectivity index (χ1n) is 12.3. The number of piperidine rings is 1. The van der Waals surface area contributed by atoms with Gasteiger partial charge in [0.05, 0.1) is 7.11 Å². The van der Waals surface area contributed by atoms with E-state index in [9.17, 15) is 13.2 Å². The summed E-state index contributed by atoms with van der Waals surface area (Å²) < 4.78 is 46.7. The molecule has 8 nitrogen and oxygen atoms in total. The number of pyridine rings is 1. The number of hydrogen-bond acceptors (Lipinski definition) is 7. The number of methoxy groups -OCH3 is 1. The Hall–Kier alpha value is -3.50. The minimum Gasteiger partial charge on any atom is -0.497 e. The van der Waals surface area contributed by atoms with E-state index in [-0.39, 0.29) is 6.04 Å². The Morgan fingerprint density at radius 3 is 2.44 bits per heavy atom. The molecule has 3 aliphatic rings. The van der Waals surface area contributed by atoms with Gasteiger partial charge in [-0.15, -0.1) is 5.10 Å². The van der Waals surface area contributed by atoms with E-state index in [4.69, 9.17) is 14.8 Å². The van der Waals surface area contributed by atoms with Crippen LogP contribution in [0.3, 0.4) is 0 Å². The van der Waals surface area contributed by atoms with Gasteiger partial charge in [0.2, 0.25) is 11.9 Å². The third-order valence-electron chi connectivity index (χ3n) is 7.56. The highest BCUT2D eigenvalue weighted by atomic mass is 19.4. The van der Waals surface area contributed by atoms with Crippen LogP contribution in [-0.2, 0) is 12.7 Å². The average molecular weight is 500 g/mol. The lowest BCUT2D eigenvalue weighted by atomic mass is 9.92. The number of rotatable bonds is 5. The standard InChI is InChI=1S/C25H28F3N7O/c1-36-20-7-5-18(6-8-20)34-11-2-12-35-24(34)31-23(32-35)30-22-16-3-4-17(22)15-33(14-16)19-9-10-29-21(13-19)25(26,27)28/h5-10,13,16-17,22H,2-4,11-12,14-15H2,1H3,(H,30,32)/t16-,17+,22+. The highest BCUT2D eigenvalue weighted by Crippen LogP contribution is 2.41. The molecule has 3 atom stereocenters. The first kappa shape index (κ1) is 22.9. The maximum atomic E-state index is 13.2. The fraction of sp³-hybridized carbons (Fsp3) is 0.480. The van der Waals surface area contributed by atoms with Crippen LogP contribution in [0.1, 0.15) is 25.0 Å². The van der Waals surface area contributed by atoms with Gasteiger partial charge >= 0.3 is 6.18 Å². The molecular weight excluding hydrogens is 471 g/mol. The Morgan fingerprint density at radius 2 is 1.75 bits per heavy atom. The van der Waals surface area contributed by atoms with Gasteiger partial charge in [-0.3, -0.25) is 4.98 Å². The minimum atomic E-state index is -4.44. The Kier molecular flexibility index (Phi) is 5.65. The lowest BCUT2D eigenvalue weighted by Crippen LogP contribution is -2.48. The third kappa shape index (κ3) is 4.20. The highest BCUT2D eigenvalue weighted by molar-refractivity contribution is 5.60. The lowest BCUT2D eigenvalue weighted by molar-refractivity contribution is -0.141. The second-order valence-corrected chi connectivity index (χ2v) is 9.73. The zero-order chi connectivity index (χ0) is 24.9. The fourth-order valence-electron chi connectivity index (χ4n) is 5.82. The molecular formula is C25H28F3N7O. The summed E-state index contributed by atoms with van der Waals surface area (Å²) in [4.78, 5) is 12.6. The van der Waals surface area contributed by atoms with Gasteiger partial charge in [-0.25, -0.2) is 4.68 Å². The van der Waals surface area contributed by atoms with Crippen LogP contribution in [0, 0.1) is 11.8 Å². The van der Waals surface area contributed by atoms with E-state index in [1.165, 1.54) is 6.20 Å². The summed E-state index contributed by atoms with van der Waals surface area (Å²) in [6.45, 7) is 3.06. The quantitative estimate of drug-likeness (QED) is 0.552. The van der Waals surface area contributed by atoms with E-state index in [0.29, 0.717) is 36.6 Å². The van der Waals surface area contributed by atoms with Crippen LogP contribution in [-0.4, -0.2) is 52.5 Å². The van der Waals surface area contributed by atoms with Crippen molar-refractivity contribution >= 4 is 23.3 Å². The zero-order valence-electron chi connectivity index (χ0n) is 19.9. The SMILES string of the molecule is COc1ccc(N2CCCn3nc(N[C@H]4[C@@H]5CC[C@H]4CN(c4ccnc(C(F)(F)F)c4)C5)nc32)cc1. The Labute approximate surface area is 207 Å². The predicted molar refractivity (Wildman–Crippen MR) is 130 cm³/mol. The second kappa shape index (κ2) is 8.86. The van der Waals surface area contributed by atoms with Crippen LogP contribution in [0.15, 0.2) is 42.6 Å². The first-order valence-corrected chi connectivity index (χ1v) is 12.3. The van der Waals surface area contributed by atoms with E-state index >= 15 is 0 Å². The molecule has 1 N–H and O–H groups in total. The topological polar surface area (TPSA) is 71.3 Å². The molecule has 11 heteroatoms. The number of hydrogen-bond donors (Lipinski definition) is 1. The molecule has 36 heavy (non-hydrogen) atoms. The van der Waals surface area contributed by atoms with Gasteiger partial charge < -0.3 is 19.9 Å². The summed E-state index contributed by atoms with van der Waals surface area (Å²) in [5, 5.41) is 8.34. The van der Waals surface area contributed by atoms with Crippen molar-refractivity contribution in [3.8, 4) is 5.75 Å². The summed E-state index contributed by atoms with van der Waals surface area (Å²) >= 11 is 0. The van der Waals surface area contributed by atoms with E-state index in [1.807, 2.05) is 28.9 Å². The van der Waals surface area contributed by atoms with E-state index < -0.39 is 11.9 Å². The van der Waals surface area contributed by atoms with Gasteiger partial charge in [0.25, 0.3) is 0 Å². The number of anilines is 4. The first-order chi connectivity index (χ1) is 17.4. The van der Waals surface area contributed by atoms with Crippen molar-refractivity contribution in [3.63, 3.8) is 0 Å². The van der Waals surface area contributed by atoms with Crippen molar-refractivity contribution in [3.05, 3.63) is 48.3 Å². The summed E-state index contributed by atoms with van der Waals surface area (Å²) in [6.07, 6.45) is -0.167. The van der Waals surface area contributed by atoms with E-state index in [1.54, 1.807) is 13.2 Å². The number of alkyl halides is 3. The number of halogens is 3. The molecule has 1 aliphatic carbocycles. The molecule has 0 spiro atoms. The van der Waals surface area contributed by atoms with Crippen LogP contribution < -0.4 is 19.9 Å². The lowest BCUT2D eigenvalue weighted by Gasteiger charge is -2.39. The van der Waals surface area contributed by atoms with Crippen molar-refractivity contribution in [2.75, 3.05) is 41.9 Å². The van der Waals surface area contributed by atoms with Crippen LogP contribution in [0.2, 0.25) is 0 Å². The van der Waals surface area contributed by atoms with Gasteiger partial charge in [-0.1, -0.05) is 0 Å². The van der Waals surface area contributed by atoms with Crippen LogP contribution in [0.5, 0.6) is 5.75 Å². The molecule has 1 saturated heterocycles.